The molecule has 0 spiro atoms. The summed E-state index contributed by atoms with van der Waals surface area (Å²) in [5, 5.41) is 10.0. The number of aryl methyl sites for hydroxylation is 2. The van der Waals surface area contributed by atoms with Crippen molar-refractivity contribution in [1.82, 2.24) is 0 Å². The van der Waals surface area contributed by atoms with Gasteiger partial charge < -0.3 is 0 Å². The van der Waals surface area contributed by atoms with E-state index in [0.29, 0.717) is 0 Å². The highest BCUT2D eigenvalue weighted by atomic mass is 32.1. The van der Waals surface area contributed by atoms with E-state index in [-0.39, 0.29) is 19.0 Å². The Morgan fingerprint density at radius 3 is 2.83 bits per heavy atom. The number of carbonyl (C=O) groups excluding carboxylic acids is 1. The van der Waals surface area contributed by atoms with Gasteiger partial charge in [-0.15, -0.1) is 11.3 Å². The molecule has 120 valence electrons. The number of benzene rings is 1. The van der Waals surface area contributed by atoms with Crippen LogP contribution in [0, 0.1) is 18.3 Å². The fraction of sp³-hybridized carbons (Fsp3) is 0.316. The summed E-state index contributed by atoms with van der Waals surface area (Å²) in [5.74, 6) is -0.0974. The number of nitriles is 1. The van der Waals surface area contributed by atoms with Crippen molar-refractivity contribution in [3.8, 4) is 6.07 Å². The minimum atomic E-state index is -0.0974. The lowest BCUT2D eigenvalue weighted by molar-refractivity contribution is -0.117. The van der Waals surface area contributed by atoms with Gasteiger partial charge in [-0.3, -0.25) is 14.7 Å². The molecule has 2 aliphatic rings. The maximum Gasteiger partial charge on any atom is 0.250 e. The van der Waals surface area contributed by atoms with E-state index in [9.17, 15) is 4.79 Å². The lowest BCUT2D eigenvalue weighted by Crippen LogP contribution is -2.32. The molecule has 24 heavy (non-hydrogen) atoms. The van der Waals surface area contributed by atoms with Gasteiger partial charge in [-0.1, -0.05) is 29.8 Å². The van der Waals surface area contributed by atoms with Crippen LogP contribution in [-0.2, 0) is 17.6 Å². The molecule has 0 fully saturated rings. The van der Waals surface area contributed by atoms with Gasteiger partial charge in [0, 0.05) is 16.0 Å². The fourth-order valence-corrected chi connectivity index (χ4v) is 4.83. The summed E-state index contributed by atoms with van der Waals surface area (Å²) in [5.41, 5.74) is 5.55. The van der Waals surface area contributed by atoms with Gasteiger partial charge in [-0.25, -0.2) is 0 Å². The molecule has 1 aliphatic carbocycles. The summed E-state index contributed by atoms with van der Waals surface area (Å²) < 4.78 is 0. The summed E-state index contributed by atoms with van der Waals surface area (Å²) >= 11 is 1.66. The number of rotatable bonds is 2. The third kappa shape index (κ3) is 2.35. The van der Waals surface area contributed by atoms with Crippen LogP contribution in [0.3, 0.4) is 0 Å². The average molecular weight is 335 g/mol. The van der Waals surface area contributed by atoms with E-state index < -0.39 is 0 Å². The summed E-state index contributed by atoms with van der Waals surface area (Å²) in [6.07, 6.45) is 3.24. The van der Waals surface area contributed by atoms with Gasteiger partial charge in [-0.2, -0.15) is 5.26 Å². The van der Waals surface area contributed by atoms with Crippen LogP contribution < -0.4 is 4.90 Å². The Hall–Kier alpha value is -2.45. The molecule has 2 aromatic rings. The Balaban J connectivity index is 1.92. The second-order valence-corrected chi connectivity index (χ2v) is 7.29. The third-order valence-corrected chi connectivity index (χ3v) is 5.93. The number of thiophene rings is 1. The first-order valence-electron chi connectivity index (χ1n) is 8.12. The van der Waals surface area contributed by atoms with E-state index in [1.165, 1.54) is 16.0 Å². The first-order valence-corrected chi connectivity index (χ1v) is 8.94. The van der Waals surface area contributed by atoms with Crippen molar-refractivity contribution in [2.75, 3.05) is 18.0 Å². The molecule has 4 nitrogen and oxygen atoms in total. The number of carbonyl (C=O) groups is 1. The number of amides is 1. The number of nitrogens with zero attached hydrogens (tertiary/aromatic N) is 3. The van der Waals surface area contributed by atoms with E-state index in [1.54, 1.807) is 16.2 Å². The van der Waals surface area contributed by atoms with Crippen LogP contribution in [0.5, 0.6) is 0 Å². The minimum Gasteiger partial charge on any atom is -0.288 e. The van der Waals surface area contributed by atoms with E-state index in [4.69, 9.17) is 5.26 Å². The fourth-order valence-electron chi connectivity index (χ4n) is 3.43. The van der Waals surface area contributed by atoms with E-state index in [0.717, 1.165) is 41.1 Å². The molecular weight excluding hydrogens is 318 g/mol. The zero-order valence-electron chi connectivity index (χ0n) is 13.5. The molecule has 1 aromatic heterocycles. The number of anilines is 1. The zero-order valence-corrected chi connectivity index (χ0v) is 14.3. The minimum absolute atomic E-state index is 0.0852. The molecule has 4 rings (SSSR count). The van der Waals surface area contributed by atoms with Crippen LogP contribution in [0.25, 0.3) is 0 Å². The molecule has 1 aromatic carbocycles. The van der Waals surface area contributed by atoms with Crippen LogP contribution in [0.2, 0.25) is 0 Å². The van der Waals surface area contributed by atoms with E-state index in [1.807, 2.05) is 0 Å². The van der Waals surface area contributed by atoms with Gasteiger partial charge in [0.2, 0.25) is 5.91 Å². The summed E-state index contributed by atoms with van der Waals surface area (Å²) in [7, 11) is 0. The molecule has 0 bridgehead atoms. The van der Waals surface area contributed by atoms with Crippen molar-refractivity contribution in [1.29, 1.82) is 5.26 Å². The van der Waals surface area contributed by atoms with Gasteiger partial charge in [0.05, 0.1) is 11.8 Å². The highest BCUT2D eigenvalue weighted by molar-refractivity contribution is 7.17. The summed E-state index contributed by atoms with van der Waals surface area (Å²) in [6, 6.07) is 10.4. The maximum atomic E-state index is 12.5. The molecular formula is C19H17N3OS. The molecule has 2 heterocycles. The zero-order chi connectivity index (χ0) is 16.7. The summed E-state index contributed by atoms with van der Waals surface area (Å²) in [4.78, 5) is 20.1. The second-order valence-electron chi connectivity index (χ2n) is 6.21. The van der Waals surface area contributed by atoms with Gasteiger partial charge in [0.1, 0.15) is 18.1 Å². The number of hydrogen-bond donors (Lipinski definition) is 0. The second kappa shape index (κ2) is 5.88. The molecule has 1 aliphatic heterocycles. The van der Waals surface area contributed by atoms with Crippen LogP contribution in [0.4, 0.5) is 5.00 Å². The predicted molar refractivity (Wildman–Crippen MR) is 96.0 cm³/mol. The van der Waals surface area contributed by atoms with Gasteiger partial charge in [-0.05, 0) is 31.7 Å². The maximum absolute atomic E-state index is 12.5. The quantitative estimate of drug-likeness (QED) is 0.791. The van der Waals surface area contributed by atoms with Crippen LogP contribution in [-0.4, -0.2) is 24.7 Å². The van der Waals surface area contributed by atoms with Crippen molar-refractivity contribution in [3.63, 3.8) is 0 Å². The van der Waals surface area contributed by atoms with Crippen molar-refractivity contribution < 1.29 is 4.79 Å². The first kappa shape index (κ1) is 15.1. The average Bonchev–Trinajstić information content (AvgIpc) is 3.13. The normalized spacial score (nSPS) is 16.2. The summed E-state index contributed by atoms with van der Waals surface area (Å²) in [6.45, 7) is 2.24. The van der Waals surface area contributed by atoms with Gasteiger partial charge in [0.25, 0.3) is 0 Å². The molecule has 0 saturated heterocycles. The van der Waals surface area contributed by atoms with Gasteiger partial charge in [0.15, 0.2) is 0 Å². The highest BCUT2D eigenvalue weighted by Gasteiger charge is 2.32. The van der Waals surface area contributed by atoms with Gasteiger partial charge >= 0.3 is 0 Å². The molecule has 1 amide bonds. The Bertz CT molecular complexity index is 887. The van der Waals surface area contributed by atoms with Crippen molar-refractivity contribution in [3.05, 3.63) is 51.4 Å². The Labute approximate surface area is 145 Å². The topological polar surface area (TPSA) is 56.5 Å². The molecule has 0 saturated carbocycles. The SMILES string of the molecule is Cc1ccc(C2=NCC(=O)N(CC#N)c3sc4c(c32)CCC4)cc1. The third-order valence-electron chi connectivity index (χ3n) is 4.61. The van der Waals surface area contributed by atoms with Crippen molar-refractivity contribution in [2.45, 2.75) is 26.2 Å². The monoisotopic (exact) mass is 335 g/mol. The first-order chi connectivity index (χ1) is 11.7. The van der Waals surface area contributed by atoms with Crippen LogP contribution in [0.1, 0.15) is 33.6 Å². The van der Waals surface area contributed by atoms with E-state index >= 15 is 0 Å². The number of hydrogen-bond acceptors (Lipinski definition) is 4. The smallest absolute Gasteiger partial charge is 0.250 e. The van der Waals surface area contributed by atoms with Crippen molar-refractivity contribution in [2.24, 2.45) is 4.99 Å². The molecule has 0 N–H and O–H groups in total. The highest BCUT2D eigenvalue weighted by Crippen LogP contribution is 2.43. The number of fused-ring (bicyclic) bond motifs is 3. The van der Waals surface area contributed by atoms with Crippen LogP contribution in [0.15, 0.2) is 29.3 Å². The molecule has 0 atom stereocenters. The molecule has 0 radical (unpaired) electrons. The Kier molecular flexibility index (Phi) is 3.70. The standard InChI is InChI=1S/C19H17N3OS/c1-12-5-7-13(8-6-12)18-17-14-3-2-4-15(14)24-19(17)22(10-9-20)16(23)11-21-18/h5-8H,2-4,10-11H2,1H3. The largest absolute Gasteiger partial charge is 0.288 e. The lowest BCUT2D eigenvalue weighted by Gasteiger charge is -2.17. The van der Waals surface area contributed by atoms with E-state index in [2.05, 4.69) is 42.3 Å². The molecule has 5 heteroatoms. The number of aliphatic imine (C=N–C) groups is 1. The molecule has 0 unspecified atom stereocenters. The predicted octanol–water partition coefficient (Wildman–Crippen LogP) is 3.25. The van der Waals surface area contributed by atoms with Crippen molar-refractivity contribution >= 4 is 28.0 Å². The Morgan fingerprint density at radius 1 is 1.29 bits per heavy atom. The Morgan fingerprint density at radius 2 is 2.08 bits per heavy atom. The lowest BCUT2D eigenvalue weighted by atomic mass is 9.98. The van der Waals surface area contributed by atoms with Crippen LogP contribution >= 0.6 is 11.3 Å².